The van der Waals surface area contributed by atoms with E-state index in [1.54, 1.807) is 4.73 Å². The van der Waals surface area contributed by atoms with Crippen molar-refractivity contribution in [3.63, 3.8) is 0 Å². The average molecular weight is 307 g/mol. The van der Waals surface area contributed by atoms with Crippen molar-refractivity contribution in [2.45, 2.75) is 0 Å². The Morgan fingerprint density at radius 2 is 1.45 bits per heavy atom. The third kappa shape index (κ3) is 2.28. The van der Waals surface area contributed by atoms with Crippen LogP contribution in [0.3, 0.4) is 0 Å². The molecule has 106 valence electrons. The minimum absolute atomic E-state index is 0.597. The third-order valence-corrected chi connectivity index (χ3v) is 3.99. The van der Waals surface area contributed by atoms with E-state index in [9.17, 15) is 0 Å². The van der Waals surface area contributed by atoms with E-state index in [4.69, 9.17) is 16.4 Å². The van der Waals surface area contributed by atoms with Crippen molar-refractivity contribution in [3.8, 4) is 5.75 Å². The number of rotatable bonds is 2. The molecule has 0 unspecified atom stereocenters. The summed E-state index contributed by atoms with van der Waals surface area (Å²) in [4.78, 5) is 6.02. The van der Waals surface area contributed by atoms with Crippen LogP contribution in [0, 0.1) is 0 Å². The lowest BCUT2D eigenvalue weighted by molar-refractivity contribution is -0.873. The molecule has 2 nitrogen and oxygen atoms in total. The molecule has 0 saturated carbocycles. The van der Waals surface area contributed by atoms with Gasteiger partial charge < -0.3 is 0 Å². The number of hydrogen-bond acceptors (Lipinski definition) is 1. The summed E-state index contributed by atoms with van der Waals surface area (Å²) in [5, 5.41) is 4.98. The molecule has 0 amide bonds. The second kappa shape index (κ2) is 5.32. The lowest BCUT2D eigenvalue weighted by Crippen LogP contribution is -2.38. The summed E-state index contributed by atoms with van der Waals surface area (Å²) in [5.41, 5.74) is 0. The number of pyridine rings is 1. The minimum Gasteiger partial charge on any atom is -0.229 e. The molecule has 4 aromatic rings. The molecular weight excluding hydrogens is 294 g/mol. The van der Waals surface area contributed by atoms with E-state index in [0.717, 1.165) is 16.2 Å². The number of benzene rings is 3. The fourth-order valence-corrected chi connectivity index (χ4v) is 2.78. The molecule has 3 heteroatoms. The largest absolute Gasteiger partial charge is 0.230 e. The van der Waals surface area contributed by atoms with Crippen LogP contribution in [0.4, 0.5) is 0 Å². The summed E-state index contributed by atoms with van der Waals surface area (Å²) in [6.07, 6.45) is 3.84. The van der Waals surface area contributed by atoms with Gasteiger partial charge in [0.15, 0.2) is 0 Å². The highest BCUT2D eigenvalue weighted by Crippen LogP contribution is 2.32. The van der Waals surface area contributed by atoms with E-state index >= 15 is 0 Å². The number of fused-ring (bicyclic) bond motifs is 2. The Balaban J connectivity index is 1.83. The highest BCUT2D eigenvalue weighted by Gasteiger charge is 2.13. The smallest absolute Gasteiger partial charge is 0.229 e. The van der Waals surface area contributed by atoms with Crippen LogP contribution in [-0.2, 0) is 0 Å². The zero-order chi connectivity index (χ0) is 14.9. The van der Waals surface area contributed by atoms with Crippen molar-refractivity contribution in [2.24, 2.45) is 0 Å². The van der Waals surface area contributed by atoms with Gasteiger partial charge >= 0.3 is 0 Å². The molecule has 3 aromatic carbocycles. The molecule has 0 spiro atoms. The van der Waals surface area contributed by atoms with Crippen LogP contribution in [0.25, 0.3) is 21.5 Å². The Bertz CT molecular complexity index is 981. The Labute approximate surface area is 133 Å². The van der Waals surface area contributed by atoms with Gasteiger partial charge in [-0.1, -0.05) is 60.1 Å². The molecule has 0 aliphatic carbocycles. The van der Waals surface area contributed by atoms with Crippen molar-refractivity contribution in [3.05, 3.63) is 84.1 Å². The predicted molar refractivity (Wildman–Crippen MR) is 89.1 cm³/mol. The Hall–Kier alpha value is -2.58. The molecule has 4 rings (SSSR count). The second-order valence-electron chi connectivity index (χ2n) is 5.12. The van der Waals surface area contributed by atoms with E-state index in [0.29, 0.717) is 10.8 Å². The normalized spacial score (nSPS) is 11.0. The van der Waals surface area contributed by atoms with Crippen molar-refractivity contribution in [1.29, 1.82) is 0 Å². The Morgan fingerprint density at radius 1 is 0.727 bits per heavy atom. The first-order valence-electron chi connectivity index (χ1n) is 7.07. The van der Waals surface area contributed by atoms with Gasteiger partial charge in [-0.15, -0.1) is 0 Å². The zero-order valence-corrected chi connectivity index (χ0v) is 12.5. The molecule has 0 fully saturated rings. The summed E-state index contributed by atoms with van der Waals surface area (Å²) in [6, 6.07) is 22.1. The first kappa shape index (κ1) is 13.1. The quantitative estimate of drug-likeness (QED) is 0.486. The maximum absolute atomic E-state index is 6.33. The van der Waals surface area contributed by atoms with Gasteiger partial charge in [0.05, 0.1) is 10.4 Å². The highest BCUT2D eigenvalue weighted by atomic mass is 35.5. The van der Waals surface area contributed by atoms with Crippen LogP contribution in [0.15, 0.2) is 79.1 Å². The van der Waals surface area contributed by atoms with E-state index in [1.165, 1.54) is 5.39 Å². The first-order valence-corrected chi connectivity index (χ1v) is 7.45. The van der Waals surface area contributed by atoms with E-state index in [-0.39, 0.29) is 0 Å². The lowest BCUT2D eigenvalue weighted by atomic mass is 10.1. The SMILES string of the molecule is Clc1ccc2ccccc2c1O[n+]1ccc2ccccc2c1. The highest BCUT2D eigenvalue weighted by molar-refractivity contribution is 6.33. The van der Waals surface area contributed by atoms with Gasteiger partial charge in [0.25, 0.3) is 0 Å². The summed E-state index contributed by atoms with van der Waals surface area (Å²) >= 11 is 6.33. The van der Waals surface area contributed by atoms with Gasteiger partial charge in [-0.25, -0.2) is 4.84 Å². The summed E-state index contributed by atoms with van der Waals surface area (Å²) < 4.78 is 1.69. The number of halogens is 1. The van der Waals surface area contributed by atoms with Gasteiger partial charge in [-0.3, -0.25) is 0 Å². The molecule has 0 saturated heterocycles. The van der Waals surface area contributed by atoms with Gasteiger partial charge in [0, 0.05) is 16.2 Å². The average Bonchev–Trinajstić information content (AvgIpc) is 2.57. The molecule has 0 bridgehead atoms. The minimum atomic E-state index is 0.597. The molecule has 0 aliphatic heterocycles. The molecule has 1 aromatic heterocycles. The standard InChI is InChI=1S/C19H13ClNO/c20-18-10-9-15-6-3-4-8-17(15)19(18)22-21-12-11-14-5-1-2-7-16(14)13-21/h1-13H/q+1. The predicted octanol–water partition coefficient (Wildman–Crippen LogP) is 4.78. The van der Waals surface area contributed by atoms with Gasteiger partial charge in [0.1, 0.15) is 0 Å². The van der Waals surface area contributed by atoms with Crippen molar-refractivity contribution in [1.82, 2.24) is 0 Å². The zero-order valence-electron chi connectivity index (χ0n) is 11.7. The maximum Gasteiger partial charge on any atom is 0.230 e. The lowest BCUT2D eigenvalue weighted by Gasteiger charge is -2.05. The molecule has 0 N–H and O–H groups in total. The number of aromatic nitrogens is 1. The third-order valence-electron chi connectivity index (χ3n) is 3.69. The van der Waals surface area contributed by atoms with E-state index < -0.39 is 0 Å². The summed E-state index contributed by atoms with van der Waals surface area (Å²) in [5.74, 6) is 0.667. The molecule has 22 heavy (non-hydrogen) atoms. The molecule has 0 aliphatic rings. The fraction of sp³-hybridized carbons (Fsp3) is 0. The van der Waals surface area contributed by atoms with Crippen molar-refractivity contribution in [2.75, 3.05) is 0 Å². The fourth-order valence-electron chi connectivity index (χ4n) is 2.59. The van der Waals surface area contributed by atoms with Gasteiger partial charge in [-0.05, 0) is 22.9 Å². The van der Waals surface area contributed by atoms with Crippen molar-refractivity contribution >= 4 is 33.1 Å². The topological polar surface area (TPSA) is 13.1 Å². The van der Waals surface area contributed by atoms with Crippen LogP contribution >= 0.6 is 11.6 Å². The van der Waals surface area contributed by atoms with Gasteiger partial charge in [-0.2, -0.15) is 0 Å². The molecule has 0 atom stereocenters. The number of hydrogen-bond donors (Lipinski definition) is 0. The van der Waals surface area contributed by atoms with E-state index in [2.05, 4.69) is 12.1 Å². The van der Waals surface area contributed by atoms with E-state index in [1.807, 2.05) is 67.0 Å². The van der Waals surface area contributed by atoms with Crippen LogP contribution in [-0.4, -0.2) is 0 Å². The second-order valence-corrected chi connectivity index (χ2v) is 5.53. The van der Waals surface area contributed by atoms with Crippen molar-refractivity contribution < 1.29 is 9.57 Å². The number of nitrogens with zero attached hydrogens (tertiary/aromatic N) is 1. The molecular formula is C19H13ClNO+. The van der Waals surface area contributed by atoms with Gasteiger partial charge in [0.2, 0.25) is 18.1 Å². The van der Waals surface area contributed by atoms with Crippen LogP contribution in [0.2, 0.25) is 5.02 Å². The van der Waals surface area contributed by atoms with Crippen LogP contribution in [0.1, 0.15) is 0 Å². The maximum atomic E-state index is 6.33. The summed E-state index contributed by atoms with van der Waals surface area (Å²) in [7, 11) is 0. The first-order chi connectivity index (χ1) is 10.8. The van der Waals surface area contributed by atoms with Crippen LogP contribution < -0.4 is 9.57 Å². The van der Waals surface area contributed by atoms with Crippen LogP contribution in [0.5, 0.6) is 5.75 Å². The monoisotopic (exact) mass is 306 g/mol. The Morgan fingerprint density at radius 3 is 2.32 bits per heavy atom. The molecule has 0 radical (unpaired) electrons. The molecule has 1 heterocycles. The Kier molecular flexibility index (Phi) is 3.17. The summed E-state index contributed by atoms with van der Waals surface area (Å²) in [6.45, 7) is 0.